The number of hydrogen-bond acceptors (Lipinski definition) is 3. The van der Waals surface area contributed by atoms with Gasteiger partial charge in [-0.3, -0.25) is 0 Å². The highest BCUT2D eigenvalue weighted by Crippen LogP contribution is 2.13. The second-order valence-electron chi connectivity index (χ2n) is 2.01. The average Bonchev–Trinajstić information content (AvgIpc) is 2.30. The molecule has 6 heteroatoms. The number of halogens is 1. The van der Waals surface area contributed by atoms with E-state index in [1.807, 2.05) is 0 Å². The molecule has 1 rings (SSSR count). The Hall–Kier alpha value is -0.660. The largest absolute Gasteiger partial charge is 0.358 e. The molecule has 0 aliphatic carbocycles. The summed E-state index contributed by atoms with van der Waals surface area (Å²) in [5.41, 5.74) is 0.736. The van der Waals surface area contributed by atoms with Gasteiger partial charge in [0.15, 0.2) is 0 Å². The fourth-order valence-corrected chi connectivity index (χ4v) is 1.12. The van der Waals surface area contributed by atoms with Crippen LogP contribution in [0.1, 0.15) is 5.69 Å². The van der Waals surface area contributed by atoms with Crippen LogP contribution in [0.5, 0.6) is 0 Å². The third-order valence-corrected chi connectivity index (χ3v) is 2.01. The average molecular weight is 267 g/mol. The molecule has 1 heterocycles. The van der Waals surface area contributed by atoms with E-state index < -0.39 is 4.92 Å². The summed E-state index contributed by atoms with van der Waals surface area (Å²) in [5, 5.41) is 14.2. The van der Waals surface area contributed by atoms with E-state index in [2.05, 4.69) is 27.7 Å². The minimum absolute atomic E-state index is 0.0386. The summed E-state index contributed by atoms with van der Waals surface area (Å²) in [6.45, 7) is 0. The van der Waals surface area contributed by atoms with Gasteiger partial charge in [-0.05, 0) is 4.92 Å². The molecular formula is C5H6IN3O2. The highest BCUT2D eigenvalue weighted by molar-refractivity contribution is 14.1. The number of alkyl halides is 1. The van der Waals surface area contributed by atoms with Crippen molar-refractivity contribution < 1.29 is 4.92 Å². The van der Waals surface area contributed by atoms with Crippen molar-refractivity contribution in [2.75, 3.05) is 0 Å². The number of aryl methyl sites for hydroxylation is 1. The summed E-state index contributed by atoms with van der Waals surface area (Å²) in [4.78, 5) is 9.85. The molecule has 0 fully saturated rings. The quantitative estimate of drug-likeness (QED) is 0.351. The summed E-state index contributed by atoms with van der Waals surface area (Å²) in [5.74, 6) is 0.0386. The molecule has 1 aromatic rings. The van der Waals surface area contributed by atoms with Crippen LogP contribution in [0.3, 0.4) is 0 Å². The highest BCUT2D eigenvalue weighted by Gasteiger charge is 2.12. The van der Waals surface area contributed by atoms with Gasteiger partial charge in [0.1, 0.15) is 12.7 Å². The Morgan fingerprint density at radius 3 is 2.82 bits per heavy atom. The van der Waals surface area contributed by atoms with Gasteiger partial charge in [0.05, 0.1) is 6.07 Å². The second-order valence-corrected chi connectivity index (χ2v) is 2.77. The molecule has 1 aromatic heterocycles. The Balaban J connectivity index is 3.07. The molecule has 11 heavy (non-hydrogen) atoms. The van der Waals surface area contributed by atoms with Gasteiger partial charge in [-0.25, -0.2) is 0 Å². The molecule has 0 spiro atoms. The molecule has 0 atom stereocenters. The molecule has 0 saturated heterocycles. The minimum atomic E-state index is -0.442. The van der Waals surface area contributed by atoms with Crippen molar-refractivity contribution in [3.63, 3.8) is 0 Å². The van der Waals surface area contributed by atoms with Crippen LogP contribution in [0.15, 0.2) is 6.07 Å². The lowest BCUT2D eigenvalue weighted by Crippen LogP contribution is -1.97. The van der Waals surface area contributed by atoms with Crippen molar-refractivity contribution in [1.82, 2.24) is 9.78 Å². The molecule has 0 amide bonds. The Kier molecular flexibility index (Phi) is 2.42. The summed E-state index contributed by atoms with van der Waals surface area (Å²) in [6.07, 6.45) is 0. The van der Waals surface area contributed by atoms with E-state index in [1.54, 1.807) is 7.05 Å². The van der Waals surface area contributed by atoms with Gasteiger partial charge < -0.3 is 10.1 Å². The van der Waals surface area contributed by atoms with Crippen LogP contribution in [0, 0.1) is 10.1 Å². The topological polar surface area (TPSA) is 61.0 Å². The summed E-state index contributed by atoms with van der Waals surface area (Å²) in [7, 11) is 1.56. The van der Waals surface area contributed by atoms with Gasteiger partial charge >= 0.3 is 5.82 Å². The molecule has 5 nitrogen and oxygen atoms in total. The smallest absolute Gasteiger partial charge is 0.344 e. The van der Waals surface area contributed by atoms with Crippen molar-refractivity contribution in [3.05, 3.63) is 21.9 Å². The molecule has 0 N–H and O–H groups in total. The van der Waals surface area contributed by atoms with E-state index in [0.29, 0.717) is 4.43 Å². The third kappa shape index (κ3) is 1.67. The van der Waals surface area contributed by atoms with Gasteiger partial charge in [0.25, 0.3) is 0 Å². The van der Waals surface area contributed by atoms with Crippen LogP contribution in [0.2, 0.25) is 0 Å². The maximum atomic E-state index is 10.3. The fraction of sp³-hybridized carbons (Fsp3) is 0.400. The number of nitro groups is 1. The van der Waals surface area contributed by atoms with Crippen LogP contribution in [0.25, 0.3) is 0 Å². The maximum absolute atomic E-state index is 10.3. The standard InChI is InChI=1S/C5H6IN3O2/c1-8-5(9(10)11)2-4(3-6)7-8/h2H,3H2,1H3. The first-order valence-electron chi connectivity index (χ1n) is 2.88. The maximum Gasteiger partial charge on any atom is 0.344 e. The van der Waals surface area contributed by atoms with E-state index in [-0.39, 0.29) is 5.82 Å². The third-order valence-electron chi connectivity index (χ3n) is 1.23. The number of aromatic nitrogens is 2. The van der Waals surface area contributed by atoms with Gasteiger partial charge in [-0.15, -0.1) is 4.68 Å². The fourth-order valence-electron chi connectivity index (χ4n) is 0.751. The van der Waals surface area contributed by atoms with Crippen molar-refractivity contribution in [2.24, 2.45) is 7.05 Å². The van der Waals surface area contributed by atoms with Crippen molar-refractivity contribution in [2.45, 2.75) is 4.43 Å². The predicted octanol–water partition coefficient (Wildman–Crippen LogP) is 1.26. The summed E-state index contributed by atoms with van der Waals surface area (Å²) < 4.78 is 1.97. The molecule has 60 valence electrons. The van der Waals surface area contributed by atoms with Crippen molar-refractivity contribution in [3.8, 4) is 0 Å². The molecule has 0 saturated carbocycles. The van der Waals surface area contributed by atoms with Crippen LogP contribution < -0.4 is 0 Å². The van der Waals surface area contributed by atoms with Crippen LogP contribution in [-0.2, 0) is 11.5 Å². The van der Waals surface area contributed by atoms with Crippen molar-refractivity contribution >= 4 is 28.4 Å². The van der Waals surface area contributed by atoms with E-state index in [4.69, 9.17) is 0 Å². The Bertz CT molecular complexity index is 283. The first-order chi connectivity index (χ1) is 5.15. The molecule has 0 bridgehead atoms. The summed E-state index contributed by atoms with van der Waals surface area (Å²) >= 11 is 2.11. The zero-order chi connectivity index (χ0) is 8.43. The van der Waals surface area contributed by atoms with Gasteiger partial charge in [-0.1, -0.05) is 27.7 Å². The number of nitrogens with zero attached hydrogens (tertiary/aromatic N) is 3. The molecule has 0 unspecified atom stereocenters. The van der Waals surface area contributed by atoms with Gasteiger partial charge in [-0.2, -0.15) is 0 Å². The SMILES string of the molecule is Cn1nc(CI)cc1[N+](=O)[O-]. The lowest BCUT2D eigenvalue weighted by molar-refractivity contribution is -0.392. The Morgan fingerprint density at radius 1 is 1.91 bits per heavy atom. The van der Waals surface area contributed by atoms with Gasteiger partial charge in [0.2, 0.25) is 0 Å². The monoisotopic (exact) mass is 267 g/mol. The Morgan fingerprint density at radius 2 is 2.55 bits per heavy atom. The first-order valence-corrected chi connectivity index (χ1v) is 4.41. The molecular weight excluding hydrogens is 261 g/mol. The van der Waals surface area contributed by atoms with Crippen molar-refractivity contribution in [1.29, 1.82) is 0 Å². The van der Waals surface area contributed by atoms with E-state index in [9.17, 15) is 10.1 Å². The number of hydrogen-bond donors (Lipinski definition) is 0. The van der Waals surface area contributed by atoms with Crippen LogP contribution in [-0.4, -0.2) is 14.7 Å². The Labute approximate surface area is 76.7 Å². The summed E-state index contributed by atoms with van der Waals surface area (Å²) in [6, 6.07) is 1.48. The highest BCUT2D eigenvalue weighted by atomic mass is 127. The lowest BCUT2D eigenvalue weighted by Gasteiger charge is -1.89. The molecule has 0 radical (unpaired) electrons. The first kappa shape index (κ1) is 8.44. The van der Waals surface area contributed by atoms with E-state index in [1.165, 1.54) is 10.7 Å². The second kappa shape index (κ2) is 3.16. The zero-order valence-electron chi connectivity index (χ0n) is 5.82. The lowest BCUT2D eigenvalue weighted by atomic mass is 10.5. The van der Waals surface area contributed by atoms with E-state index in [0.717, 1.165) is 5.69 Å². The van der Waals surface area contributed by atoms with E-state index >= 15 is 0 Å². The molecule has 0 aromatic carbocycles. The van der Waals surface area contributed by atoms with Crippen LogP contribution >= 0.6 is 22.6 Å². The molecule has 0 aliphatic heterocycles. The van der Waals surface area contributed by atoms with Gasteiger partial charge in [0, 0.05) is 4.43 Å². The molecule has 0 aliphatic rings. The minimum Gasteiger partial charge on any atom is -0.358 e. The zero-order valence-corrected chi connectivity index (χ0v) is 7.98. The normalized spacial score (nSPS) is 10.0. The van der Waals surface area contributed by atoms with Crippen LogP contribution in [0.4, 0.5) is 5.82 Å². The number of rotatable bonds is 2. The predicted molar refractivity (Wildman–Crippen MR) is 47.6 cm³/mol.